The first-order valence-corrected chi connectivity index (χ1v) is 5.69. The molecule has 1 aromatic heterocycles. The Morgan fingerprint density at radius 1 is 1.47 bits per heavy atom. The van der Waals surface area contributed by atoms with Crippen LogP contribution in [0.1, 0.15) is 11.3 Å². The second kappa shape index (κ2) is 3.80. The van der Waals surface area contributed by atoms with E-state index in [0.717, 1.165) is 30.5 Å². The Morgan fingerprint density at radius 3 is 3.12 bits per heavy atom. The van der Waals surface area contributed by atoms with Gasteiger partial charge < -0.3 is 15.0 Å². The summed E-state index contributed by atoms with van der Waals surface area (Å²) in [5.74, 6) is 0.867. The van der Waals surface area contributed by atoms with Crippen LogP contribution in [0.15, 0.2) is 18.2 Å². The highest BCUT2D eigenvalue weighted by atomic mass is 16.5. The largest absolute Gasteiger partial charge is 0.497 e. The third-order valence-electron chi connectivity index (χ3n) is 3.41. The van der Waals surface area contributed by atoms with E-state index in [-0.39, 0.29) is 6.04 Å². The number of hydrogen-bond donors (Lipinski definition) is 2. The van der Waals surface area contributed by atoms with Crippen LogP contribution in [0.25, 0.3) is 10.9 Å². The Balaban J connectivity index is 2.03. The maximum absolute atomic E-state index is 10.5. The molecule has 17 heavy (non-hydrogen) atoms. The highest BCUT2D eigenvalue weighted by molar-refractivity contribution is 5.86. The fourth-order valence-electron chi connectivity index (χ4n) is 2.60. The van der Waals surface area contributed by atoms with E-state index in [9.17, 15) is 4.79 Å². The summed E-state index contributed by atoms with van der Waals surface area (Å²) in [6.45, 7) is 0. The second-order valence-corrected chi connectivity index (χ2v) is 4.38. The Labute approximate surface area is 99.0 Å². The number of nitrogens with one attached hydrogen (secondary N) is 2. The van der Waals surface area contributed by atoms with Gasteiger partial charge in [-0.1, -0.05) is 0 Å². The van der Waals surface area contributed by atoms with Gasteiger partial charge in [0.1, 0.15) is 5.75 Å². The van der Waals surface area contributed by atoms with Crippen LogP contribution in [0.3, 0.4) is 0 Å². The molecule has 3 rings (SSSR count). The van der Waals surface area contributed by atoms with Gasteiger partial charge in [-0.05, 0) is 30.2 Å². The summed E-state index contributed by atoms with van der Waals surface area (Å²) in [6.07, 6.45) is 2.55. The van der Waals surface area contributed by atoms with Crippen molar-refractivity contribution in [1.29, 1.82) is 0 Å². The molecule has 88 valence electrons. The number of carbonyl (C=O) groups is 1. The summed E-state index contributed by atoms with van der Waals surface area (Å²) >= 11 is 0. The number of aromatic amines is 1. The Bertz CT molecular complexity index is 574. The van der Waals surface area contributed by atoms with E-state index in [1.54, 1.807) is 7.11 Å². The van der Waals surface area contributed by atoms with Crippen molar-refractivity contribution in [2.24, 2.45) is 0 Å². The standard InChI is InChI=1S/C13H14N2O2/c1-17-9-2-3-12-11(6-9)10-4-8(14-7-16)5-13(10)15-12/h2-3,6-8,15H,4-5H2,1H3,(H,14,16). The van der Waals surface area contributed by atoms with E-state index in [1.165, 1.54) is 16.6 Å². The summed E-state index contributed by atoms with van der Waals surface area (Å²) in [7, 11) is 1.67. The monoisotopic (exact) mass is 230 g/mol. The molecule has 2 N–H and O–H groups in total. The molecule has 0 fully saturated rings. The number of carbonyl (C=O) groups excluding carboxylic acids is 1. The van der Waals surface area contributed by atoms with Gasteiger partial charge in [0.2, 0.25) is 6.41 Å². The molecular weight excluding hydrogens is 216 g/mol. The van der Waals surface area contributed by atoms with E-state index < -0.39 is 0 Å². The number of benzene rings is 1. The van der Waals surface area contributed by atoms with Crippen molar-refractivity contribution >= 4 is 17.3 Å². The van der Waals surface area contributed by atoms with Crippen molar-refractivity contribution in [2.45, 2.75) is 18.9 Å². The van der Waals surface area contributed by atoms with Crippen LogP contribution in [-0.4, -0.2) is 24.5 Å². The molecule has 1 aliphatic rings. The van der Waals surface area contributed by atoms with Gasteiger partial charge in [-0.25, -0.2) is 0 Å². The Morgan fingerprint density at radius 2 is 2.35 bits per heavy atom. The Kier molecular flexibility index (Phi) is 2.28. The number of hydrogen-bond acceptors (Lipinski definition) is 2. The van der Waals surface area contributed by atoms with Gasteiger partial charge in [-0.15, -0.1) is 0 Å². The molecule has 0 saturated carbocycles. The fraction of sp³-hybridized carbons (Fsp3) is 0.308. The van der Waals surface area contributed by atoms with Crippen LogP contribution >= 0.6 is 0 Å². The number of H-pyrrole nitrogens is 1. The summed E-state index contributed by atoms with van der Waals surface area (Å²) in [5, 5.41) is 4.04. The van der Waals surface area contributed by atoms with Crippen LogP contribution in [0.5, 0.6) is 5.75 Å². The van der Waals surface area contributed by atoms with Crippen LogP contribution in [0.2, 0.25) is 0 Å². The van der Waals surface area contributed by atoms with Crippen molar-refractivity contribution < 1.29 is 9.53 Å². The van der Waals surface area contributed by atoms with Gasteiger partial charge in [-0.3, -0.25) is 4.79 Å². The molecular formula is C13H14N2O2. The van der Waals surface area contributed by atoms with E-state index in [0.29, 0.717) is 0 Å². The smallest absolute Gasteiger partial charge is 0.207 e. The molecule has 4 nitrogen and oxygen atoms in total. The zero-order chi connectivity index (χ0) is 11.8. The van der Waals surface area contributed by atoms with Crippen molar-refractivity contribution in [3.63, 3.8) is 0 Å². The first-order valence-electron chi connectivity index (χ1n) is 5.69. The quantitative estimate of drug-likeness (QED) is 0.783. The molecule has 1 heterocycles. The number of amides is 1. The van der Waals surface area contributed by atoms with Gasteiger partial charge in [-0.2, -0.15) is 0 Å². The first-order chi connectivity index (χ1) is 8.31. The molecule has 0 radical (unpaired) electrons. The Hall–Kier alpha value is -1.97. The summed E-state index contributed by atoms with van der Waals surface area (Å²) < 4.78 is 5.24. The maximum atomic E-state index is 10.5. The number of aromatic nitrogens is 1. The average molecular weight is 230 g/mol. The number of ether oxygens (including phenoxy) is 1. The SMILES string of the molecule is COc1ccc2[nH]c3c(c2c1)CC(NC=O)C3. The lowest BCUT2D eigenvalue weighted by atomic mass is 10.1. The molecule has 2 aromatic rings. The van der Waals surface area contributed by atoms with Crippen molar-refractivity contribution in [3.05, 3.63) is 29.5 Å². The molecule has 1 amide bonds. The third kappa shape index (κ3) is 1.56. The topological polar surface area (TPSA) is 54.1 Å². The van der Waals surface area contributed by atoms with Gasteiger partial charge >= 0.3 is 0 Å². The second-order valence-electron chi connectivity index (χ2n) is 4.38. The minimum Gasteiger partial charge on any atom is -0.497 e. The molecule has 0 aliphatic heterocycles. The minimum absolute atomic E-state index is 0.226. The number of rotatable bonds is 3. The molecule has 1 atom stereocenters. The lowest BCUT2D eigenvalue weighted by Crippen LogP contribution is -2.28. The number of methoxy groups -OCH3 is 1. The number of fused-ring (bicyclic) bond motifs is 3. The fourth-order valence-corrected chi connectivity index (χ4v) is 2.60. The minimum atomic E-state index is 0.226. The van der Waals surface area contributed by atoms with Gasteiger partial charge in [0.15, 0.2) is 0 Å². The van der Waals surface area contributed by atoms with Crippen LogP contribution in [0, 0.1) is 0 Å². The predicted molar refractivity (Wildman–Crippen MR) is 65.2 cm³/mol. The highest BCUT2D eigenvalue weighted by Crippen LogP contribution is 2.32. The molecule has 1 unspecified atom stereocenters. The molecule has 0 saturated heterocycles. The molecule has 1 aliphatic carbocycles. The first kappa shape index (κ1) is 10.2. The van der Waals surface area contributed by atoms with Crippen molar-refractivity contribution in [3.8, 4) is 5.75 Å². The van der Waals surface area contributed by atoms with Gasteiger partial charge in [0.05, 0.1) is 7.11 Å². The van der Waals surface area contributed by atoms with Crippen molar-refractivity contribution in [2.75, 3.05) is 7.11 Å². The van der Waals surface area contributed by atoms with Crippen LogP contribution < -0.4 is 10.1 Å². The maximum Gasteiger partial charge on any atom is 0.207 e. The summed E-state index contributed by atoms with van der Waals surface area (Å²) in [5.41, 5.74) is 3.67. The molecule has 0 bridgehead atoms. The van der Waals surface area contributed by atoms with E-state index in [1.807, 2.05) is 18.2 Å². The molecule has 0 spiro atoms. The summed E-state index contributed by atoms with van der Waals surface area (Å²) in [4.78, 5) is 13.9. The average Bonchev–Trinajstić information content (AvgIpc) is 2.86. The van der Waals surface area contributed by atoms with E-state index in [4.69, 9.17) is 4.74 Å². The zero-order valence-electron chi connectivity index (χ0n) is 9.62. The summed E-state index contributed by atoms with van der Waals surface area (Å²) in [6, 6.07) is 6.27. The normalized spacial score (nSPS) is 18.1. The van der Waals surface area contributed by atoms with Gasteiger partial charge in [0.25, 0.3) is 0 Å². The van der Waals surface area contributed by atoms with E-state index in [2.05, 4.69) is 10.3 Å². The predicted octanol–water partition coefficient (Wildman–Crippen LogP) is 1.39. The molecule has 4 heteroatoms. The van der Waals surface area contributed by atoms with E-state index >= 15 is 0 Å². The molecule has 1 aromatic carbocycles. The van der Waals surface area contributed by atoms with Crippen molar-refractivity contribution in [1.82, 2.24) is 10.3 Å². The zero-order valence-corrected chi connectivity index (χ0v) is 9.62. The lowest BCUT2D eigenvalue weighted by Gasteiger charge is -2.07. The van der Waals surface area contributed by atoms with Crippen LogP contribution in [0.4, 0.5) is 0 Å². The third-order valence-corrected chi connectivity index (χ3v) is 3.41. The van der Waals surface area contributed by atoms with Gasteiger partial charge in [0, 0.05) is 29.1 Å². The lowest BCUT2D eigenvalue weighted by molar-refractivity contribution is -0.110. The van der Waals surface area contributed by atoms with Crippen LogP contribution in [-0.2, 0) is 17.6 Å². The highest BCUT2D eigenvalue weighted by Gasteiger charge is 2.24.